The van der Waals surface area contributed by atoms with E-state index in [9.17, 15) is 0 Å². The van der Waals surface area contributed by atoms with Crippen molar-refractivity contribution in [1.29, 1.82) is 0 Å². The molecule has 1 atom stereocenters. The van der Waals surface area contributed by atoms with Crippen molar-refractivity contribution in [2.24, 2.45) is 0 Å². The normalized spacial score (nSPS) is 18.6. The molecule has 2 aromatic carbocycles. The molecule has 1 aliphatic rings. The maximum atomic E-state index is 3.81. The molecule has 100 valence electrons. The average molecular weight is 271 g/mol. The first kappa shape index (κ1) is 13.0. The van der Waals surface area contributed by atoms with Gasteiger partial charge in [-0.15, -0.1) is 0 Å². The van der Waals surface area contributed by atoms with Crippen LogP contribution in [-0.4, -0.2) is 17.5 Å². The monoisotopic (exact) mass is 271 g/mol. The molecule has 1 nitrogen and oxygen atoms in total. The number of thioether (sulfide) groups is 1. The van der Waals surface area contributed by atoms with Gasteiger partial charge in [-0.2, -0.15) is 11.8 Å². The lowest BCUT2D eigenvalue weighted by atomic mass is 9.98. The number of nitrogens with one attached hydrogen (secondary N) is 1. The first-order valence-corrected chi connectivity index (χ1v) is 8.31. The highest BCUT2D eigenvalue weighted by molar-refractivity contribution is 7.99. The summed E-state index contributed by atoms with van der Waals surface area (Å²) in [7, 11) is 0. The zero-order valence-corrected chi connectivity index (χ0v) is 12.2. The van der Waals surface area contributed by atoms with Crippen molar-refractivity contribution < 1.29 is 0 Å². The van der Waals surface area contributed by atoms with Crippen LogP contribution in [0.15, 0.2) is 42.5 Å². The van der Waals surface area contributed by atoms with Crippen LogP contribution in [0.4, 0.5) is 0 Å². The minimum absolute atomic E-state index is 0.430. The topological polar surface area (TPSA) is 12.0 Å². The highest BCUT2D eigenvalue weighted by Crippen LogP contribution is 2.26. The number of benzene rings is 2. The van der Waals surface area contributed by atoms with E-state index in [4.69, 9.17) is 0 Å². The lowest BCUT2D eigenvalue weighted by Crippen LogP contribution is -2.34. The van der Waals surface area contributed by atoms with Crippen molar-refractivity contribution in [1.82, 2.24) is 5.32 Å². The second-order valence-electron chi connectivity index (χ2n) is 5.34. The van der Waals surface area contributed by atoms with Crippen LogP contribution in [0.1, 0.15) is 31.4 Å². The fraction of sp³-hybridized carbons (Fsp3) is 0.412. The Balaban J connectivity index is 1.82. The molecular formula is C17H21NS. The Morgan fingerprint density at radius 3 is 2.63 bits per heavy atom. The lowest BCUT2D eigenvalue weighted by molar-refractivity contribution is 0.432. The summed E-state index contributed by atoms with van der Waals surface area (Å²) in [5.74, 6) is 2.61. The summed E-state index contributed by atoms with van der Waals surface area (Å²) >= 11 is 2.08. The molecule has 1 fully saturated rings. The van der Waals surface area contributed by atoms with Crippen LogP contribution in [0.25, 0.3) is 10.8 Å². The number of fused-ring (bicyclic) bond motifs is 1. The van der Waals surface area contributed by atoms with E-state index in [1.54, 1.807) is 0 Å². The molecule has 0 amide bonds. The summed E-state index contributed by atoms with van der Waals surface area (Å²) in [6.45, 7) is 2.30. The smallest absolute Gasteiger partial charge is 0.0300 e. The number of hydrogen-bond donors (Lipinski definition) is 1. The first-order chi connectivity index (χ1) is 9.34. The highest BCUT2D eigenvalue weighted by atomic mass is 32.2. The van der Waals surface area contributed by atoms with Gasteiger partial charge in [-0.05, 0) is 47.6 Å². The van der Waals surface area contributed by atoms with Gasteiger partial charge in [0, 0.05) is 12.1 Å². The molecule has 2 heteroatoms. The van der Waals surface area contributed by atoms with E-state index >= 15 is 0 Å². The van der Waals surface area contributed by atoms with Crippen molar-refractivity contribution in [2.75, 3.05) is 11.5 Å². The van der Waals surface area contributed by atoms with Crippen molar-refractivity contribution >= 4 is 22.5 Å². The van der Waals surface area contributed by atoms with Gasteiger partial charge in [-0.3, -0.25) is 0 Å². The van der Waals surface area contributed by atoms with Crippen LogP contribution in [0, 0.1) is 0 Å². The predicted octanol–water partition coefficient (Wildman–Crippen LogP) is 4.39. The van der Waals surface area contributed by atoms with Gasteiger partial charge in [0.05, 0.1) is 0 Å². The molecule has 1 aliphatic heterocycles. The summed E-state index contributed by atoms with van der Waals surface area (Å²) in [6, 6.07) is 16.4. The SMILES string of the molecule is CC(NC1CCSCC1)c1cccc2ccccc12. The van der Waals surface area contributed by atoms with Gasteiger partial charge in [0.25, 0.3) is 0 Å². The first-order valence-electron chi connectivity index (χ1n) is 7.16. The van der Waals surface area contributed by atoms with E-state index in [-0.39, 0.29) is 0 Å². The van der Waals surface area contributed by atoms with Crippen LogP contribution >= 0.6 is 11.8 Å². The molecule has 0 radical (unpaired) electrons. The second kappa shape index (κ2) is 5.98. The maximum absolute atomic E-state index is 3.81. The van der Waals surface area contributed by atoms with E-state index in [1.807, 2.05) is 0 Å². The molecule has 0 aromatic heterocycles. The highest BCUT2D eigenvalue weighted by Gasteiger charge is 2.17. The van der Waals surface area contributed by atoms with E-state index in [0.29, 0.717) is 12.1 Å². The van der Waals surface area contributed by atoms with Gasteiger partial charge in [0.2, 0.25) is 0 Å². The van der Waals surface area contributed by atoms with Crippen molar-refractivity contribution in [3.63, 3.8) is 0 Å². The largest absolute Gasteiger partial charge is 0.307 e. The third kappa shape index (κ3) is 2.96. The zero-order chi connectivity index (χ0) is 13.1. The van der Waals surface area contributed by atoms with Crippen LogP contribution < -0.4 is 5.32 Å². The van der Waals surface area contributed by atoms with E-state index in [0.717, 1.165) is 0 Å². The van der Waals surface area contributed by atoms with Gasteiger partial charge in [0.15, 0.2) is 0 Å². The van der Waals surface area contributed by atoms with Crippen LogP contribution in [0.2, 0.25) is 0 Å². The lowest BCUT2D eigenvalue weighted by Gasteiger charge is -2.27. The summed E-state index contributed by atoms with van der Waals surface area (Å²) in [4.78, 5) is 0. The third-order valence-electron chi connectivity index (χ3n) is 4.00. The average Bonchev–Trinajstić information content (AvgIpc) is 2.47. The molecule has 0 aliphatic carbocycles. The molecule has 2 aromatic rings. The summed E-state index contributed by atoms with van der Waals surface area (Å²) in [5, 5.41) is 6.54. The van der Waals surface area contributed by atoms with Crippen LogP contribution in [0.5, 0.6) is 0 Å². The van der Waals surface area contributed by atoms with E-state index in [1.165, 1.54) is 40.7 Å². The molecule has 19 heavy (non-hydrogen) atoms. The molecule has 0 saturated carbocycles. The Labute approximate surface area is 119 Å². The Morgan fingerprint density at radius 2 is 1.79 bits per heavy atom. The Morgan fingerprint density at radius 1 is 1.05 bits per heavy atom. The predicted molar refractivity (Wildman–Crippen MR) is 85.8 cm³/mol. The molecule has 0 spiro atoms. The molecular weight excluding hydrogens is 250 g/mol. The minimum Gasteiger partial charge on any atom is -0.307 e. The Bertz CT molecular complexity index is 540. The molecule has 0 bridgehead atoms. The summed E-state index contributed by atoms with van der Waals surface area (Å²) in [6.07, 6.45) is 2.61. The second-order valence-corrected chi connectivity index (χ2v) is 6.57. The zero-order valence-electron chi connectivity index (χ0n) is 11.4. The fourth-order valence-electron chi connectivity index (χ4n) is 2.94. The van der Waals surface area contributed by atoms with Crippen molar-refractivity contribution in [2.45, 2.75) is 31.8 Å². The molecule has 1 saturated heterocycles. The van der Waals surface area contributed by atoms with Crippen LogP contribution in [0.3, 0.4) is 0 Å². The van der Waals surface area contributed by atoms with Gasteiger partial charge < -0.3 is 5.32 Å². The fourth-order valence-corrected chi connectivity index (χ4v) is 4.04. The van der Waals surface area contributed by atoms with Gasteiger partial charge >= 0.3 is 0 Å². The Kier molecular flexibility index (Phi) is 4.09. The number of hydrogen-bond acceptors (Lipinski definition) is 2. The molecule has 1 heterocycles. The molecule has 1 N–H and O–H groups in total. The van der Waals surface area contributed by atoms with Crippen molar-refractivity contribution in [3.05, 3.63) is 48.0 Å². The van der Waals surface area contributed by atoms with Gasteiger partial charge in [-0.25, -0.2) is 0 Å². The van der Waals surface area contributed by atoms with Crippen molar-refractivity contribution in [3.8, 4) is 0 Å². The molecule has 1 unspecified atom stereocenters. The van der Waals surface area contributed by atoms with Gasteiger partial charge in [-0.1, -0.05) is 42.5 Å². The van der Waals surface area contributed by atoms with E-state index < -0.39 is 0 Å². The van der Waals surface area contributed by atoms with E-state index in [2.05, 4.69) is 66.5 Å². The standard InChI is InChI=1S/C17H21NS/c1-13(18-15-9-11-19-12-10-15)16-8-4-6-14-5-2-3-7-17(14)16/h2-8,13,15,18H,9-12H2,1H3. The minimum atomic E-state index is 0.430. The summed E-state index contributed by atoms with van der Waals surface area (Å²) < 4.78 is 0. The summed E-state index contributed by atoms with van der Waals surface area (Å²) in [5.41, 5.74) is 1.43. The molecule has 3 rings (SSSR count). The third-order valence-corrected chi connectivity index (χ3v) is 5.05. The van der Waals surface area contributed by atoms with Crippen LogP contribution in [-0.2, 0) is 0 Å². The quantitative estimate of drug-likeness (QED) is 0.888. The number of rotatable bonds is 3. The Hall–Kier alpha value is -0.990. The van der Waals surface area contributed by atoms with Gasteiger partial charge in [0.1, 0.15) is 0 Å². The maximum Gasteiger partial charge on any atom is 0.0300 e.